The normalized spacial score (nSPS) is 14.1. The highest BCUT2D eigenvalue weighted by Gasteiger charge is 2.16. The van der Waals surface area contributed by atoms with E-state index < -0.39 is 0 Å². The molecule has 0 aromatic carbocycles. The molecule has 0 spiro atoms. The van der Waals surface area contributed by atoms with Crippen molar-refractivity contribution < 1.29 is 0 Å². The van der Waals surface area contributed by atoms with Gasteiger partial charge in [0.1, 0.15) is 0 Å². The number of nitrogens with zero attached hydrogens (tertiary/aromatic N) is 2. The lowest BCUT2D eigenvalue weighted by Crippen LogP contribution is -2.06. The van der Waals surface area contributed by atoms with Crippen molar-refractivity contribution in [2.24, 2.45) is 0 Å². The number of rotatable bonds is 7. The maximum atomic E-state index is 4.78. The van der Waals surface area contributed by atoms with E-state index in [0.717, 1.165) is 12.8 Å². The molecule has 0 aliphatic heterocycles. The van der Waals surface area contributed by atoms with Crippen LogP contribution in [0.4, 0.5) is 0 Å². The van der Waals surface area contributed by atoms with Crippen molar-refractivity contribution in [3.05, 3.63) is 58.2 Å². The van der Waals surface area contributed by atoms with Gasteiger partial charge < -0.3 is 0 Å². The second kappa shape index (κ2) is 8.79. The van der Waals surface area contributed by atoms with Gasteiger partial charge in [0.05, 0.1) is 0 Å². The van der Waals surface area contributed by atoms with Crippen LogP contribution in [0.5, 0.6) is 0 Å². The van der Waals surface area contributed by atoms with E-state index in [1.807, 2.05) is 0 Å². The summed E-state index contributed by atoms with van der Waals surface area (Å²) in [6.07, 6.45) is 6.42. The van der Waals surface area contributed by atoms with E-state index in [9.17, 15) is 0 Å². The Bertz CT molecular complexity index is 731. The highest BCUT2D eigenvalue weighted by molar-refractivity contribution is 5.30. The summed E-state index contributed by atoms with van der Waals surface area (Å²) in [7, 11) is 0. The first-order valence-corrected chi connectivity index (χ1v) is 10.1. The van der Waals surface area contributed by atoms with Crippen molar-refractivity contribution in [2.75, 3.05) is 0 Å². The van der Waals surface area contributed by atoms with Crippen LogP contribution in [0.2, 0.25) is 0 Å². The molecule has 26 heavy (non-hydrogen) atoms. The predicted molar refractivity (Wildman–Crippen MR) is 112 cm³/mol. The second-order valence-electron chi connectivity index (χ2n) is 8.63. The summed E-state index contributed by atoms with van der Waals surface area (Å²) < 4.78 is 0. The van der Waals surface area contributed by atoms with Crippen LogP contribution < -0.4 is 0 Å². The van der Waals surface area contributed by atoms with Gasteiger partial charge in [0.2, 0.25) is 0 Å². The molecule has 0 aliphatic carbocycles. The first-order chi connectivity index (χ1) is 12.2. The lowest BCUT2D eigenvalue weighted by Gasteiger charge is -2.19. The average molecular weight is 353 g/mol. The quantitative estimate of drug-likeness (QED) is 0.534. The van der Waals surface area contributed by atoms with Crippen molar-refractivity contribution in [1.29, 1.82) is 0 Å². The Kier molecular flexibility index (Phi) is 6.97. The number of hydrogen-bond acceptors (Lipinski definition) is 2. The lowest BCUT2D eigenvalue weighted by atomic mass is 9.90. The van der Waals surface area contributed by atoms with E-state index in [1.54, 1.807) is 0 Å². The van der Waals surface area contributed by atoms with Crippen LogP contribution in [-0.2, 0) is 0 Å². The molecule has 2 atom stereocenters. The molecule has 2 heterocycles. The van der Waals surface area contributed by atoms with E-state index in [1.165, 1.54) is 33.6 Å². The number of aryl methyl sites for hydroxylation is 2. The van der Waals surface area contributed by atoms with Gasteiger partial charge in [-0.25, -0.2) is 0 Å². The minimum Gasteiger partial charge on any atom is -0.261 e. The van der Waals surface area contributed by atoms with Crippen LogP contribution in [0.25, 0.3) is 0 Å². The Balaban J connectivity index is 2.03. The van der Waals surface area contributed by atoms with Gasteiger partial charge in [-0.2, -0.15) is 0 Å². The van der Waals surface area contributed by atoms with E-state index >= 15 is 0 Å². The number of hydrogen-bond donors (Lipinski definition) is 0. The highest BCUT2D eigenvalue weighted by Crippen LogP contribution is 2.29. The SMILES string of the molecule is Cc1cc(C(C)CCC(C)c2ncc(C(C)C)cc2C)ncc1C(C)C. The fraction of sp³-hybridized carbons (Fsp3) is 0.583. The molecule has 2 heteroatoms. The molecule has 2 unspecified atom stereocenters. The van der Waals surface area contributed by atoms with Gasteiger partial charge in [-0.1, -0.05) is 47.6 Å². The molecule has 2 aromatic heterocycles. The maximum Gasteiger partial charge on any atom is 0.0461 e. The fourth-order valence-electron chi connectivity index (χ4n) is 3.69. The van der Waals surface area contributed by atoms with Gasteiger partial charge in [-0.05, 0) is 78.7 Å². The Morgan fingerprint density at radius 2 is 1.38 bits per heavy atom. The molecule has 0 radical (unpaired) electrons. The minimum atomic E-state index is 0.479. The molecular formula is C24H36N2. The molecule has 0 aliphatic rings. The fourth-order valence-corrected chi connectivity index (χ4v) is 3.69. The topological polar surface area (TPSA) is 25.8 Å². The third-order valence-corrected chi connectivity index (χ3v) is 5.61. The molecule has 2 nitrogen and oxygen atoms in total. The summed E-state index contributed by atoms with van der Waals surface area (Å²) in [6, 6.07) is 4.59. The summed E-state index contributed by atoms with van der Waals surface area (Å²) in [4.78, 5) is 9.52. The van der Waals surface area contributed by atoms with Crippen LogP contribution in [0, 0.1) is 13.8 Å². The minimum absolute atomic E-state index is 0.479. The molecule has 0 saturated carbocycles. The molecule has 0 amide bonds. The first kappa shape index (κ1) is 20.6. The Hall–Kier alpha value is -1.70. The second-order valence-corrected chi connectivity index (χ2v) is 8.63. The molecule has 0 bridgehead atoms. The molecule has 0 N–H and O–H groups in total. The monoisotopic (exact) mass is 352 g/mol. The zero-order valence-electron chi connectivity index (χ0n) is 17.9. The zero-order valence-corrected chi connectivity index (χ0v) is 17.9. The molecule has 2 rings (SSSR count). The first-order valence-electron chi connectivity index (χ1n) is 10.1. The summed E-state index contributed by atoms with van der Waals surface area (Å²) in [5.41, 5.74) is 7.86. The summed E-state index contributed by atoms with van der Waals surface area (Å²) in [5, 5.41) is 0. The summed E-state index contributed by atoms with van der Waals surface area (Å²) in [6.45, 7) is 17.9. The van der Waals surface area contributed by atoms with Gasteiger partial charge in [-0.15, -0.1) is 0 Å². The molecule has 0 fully saturated rings. The third kappa shape index (κ3) is 4.93. The van der Waals surface area contributed by atoms with Crippen LogP contribution >= 0.6 is 0 Å². The van der Waals surface area contributed by atoms with E-state index in [4.69, 9.17) is 9.97 Å². The highest BCUT2D eigenvalue weighted by atomic mass is 14.7. The standard InChI is InChI=1S/C24H36N2/c1-15(2)21-11-20(8)24(26-13-21)18(6)10-9-17(5)23-12-19(7)22(14-25-23)16(3)4/h11-18H,9-10H2,1-8H3. The Labute approximate surface area is 160 Å². The number of aromatic nitrogens is 2. The van der Waals surface area contributed by atoms with E-state index in [2.05, 4.69) is 79.9 Å². The zero-order chi connectivity index (χ0) is 19.4. The van der Waals surface area contributed by atoms with Gasteiger partial charge in [-0.3, -0.25) is 9.97 Å². The maximum absolute atomic E-state index is 4.78. The average Bonchev–Trinajstić information content (AvgIpc) is 2.58. The largest absolute Gasteiger partial charge is 0.261 e. The molecular weight excluding hydrogens is 316 g/mol. The Morgan fingerprint density at radius 1 is 0.731 bits per heavy atom. The van der Waals surface area contributed by atoms with Crippen LogP contribution in [0.3, 0.4) is 0 Å². The summed E-state index contributed by atoms with van der Waals surface area (Å²) in [5.74, 6) is 2.03. The van der Waals surface area contributed by atoms with Crippen molar-refractivity contribution in [3.8, 4) is 0 Å². The van der Waals surface area contributed by atoms with Crippen molar-refractivity contribution in [1.82, 2.24) is 9.97 Å². The number of pyridine rings is 2. The molecule has 142 valence electrons. The van der Waals surface area contributed by atoms with Gasteiger partial charge in [0.25, 0.3) is 0 Å². The molecule has 2 aromatic rings. The van der Waals surface area contributed by atoms with Crippen LogP contribution in [0.15, 0.2) is 24.5 Å². The Morgan fingerprint density at radius 3 is 1.92 bits per heavy atom. The van der Waals surface area contributed by atoms with Gasteiger partial charge in [0, 0.05) is 23.8 Å². The smallest absolute Gasteiger partial charge is 0.0461 e. The van der Waals surface area contributed by atoms with Gasteiger partial charge in [0.15, 0.2) is 0 Å². The van der Waals surface area contributed by atoms with Crippen molar-refractivity contribution in [3.63, 3.8) is 0 Å². The molecule has 0 saturated heterocycles. The third-order valence-electron chi connectivity index (χ3n) is 5.61. The van der Waals surface area contributed by atoms with Crippen LogP contribution in [0.1, 0.15) is 112 Å². The van der Waals surface area contributed by atoms with Crippen LogP contribution in [-0.4, -0.2) is 9.97 Å². The van der Waals surface area contributed by atoms with Crippen molar-refractivity contribution >= 4 is 0 Å². The van der Waals surface area contributed by atoms with Crippen molar-refractivity contribution in [2.45, 2.75) is 91.9 Å². The van der Waals surface area contributed by atoms with E-state index in [0.29, 0.717) is 23.7 Å². The predicted octanol–water partition coefficient (Wildman–Crippen LogP) is 7.03. The van der Waals surface area contributed by atoms with E-state index in [-0.39, 0.29) is 0 Å². The summed E-state index contributed by atoms with van der Waals surface area (Å²) >= 11 is 0. The van der Waals surface area contributed by atoms with Gasteiger partial charge >= 0.3 is 0 Å². The lowest BCUT2D eigenvalue weighted by molar-refractivity contribution is 0.554.